The van der Waals surface area contributed by atoms with Gasteiger partial charge < -0.3 is 19.9 Å². The van der Waals surface area contributed by atoms with E-state index in [1.54, 1.807) is 42.5 Å². The van der Waals surface area contributed by atoms with E-state index in [0.717, 1.165) is 25.7 Å². The predicted molar refractivity (Wildman–Crippen MR) is 182 cm³/mol. The van der Waals surface area contributed by atoms with Crippen molar-refractivity contribution >= 4 is 41.0 Å². The summed E-state index contributed by atoms with van der Waals surface area (Å²) in [5.74, 6) is -0.731. The molecule has 4 amide bonds. The summed E-state index contributed by atoms with van der Waals surface area (Å²) < 4.78 is 21.7. The van der Waals surface area contributed by atoms with Crippen LogP contribution in [0.25, 0.3) is 0 Å². The van der Waals surface area contributed by atoms with Crippen LogP contribution in [0, 0.1) is 17.1 Å². The van der Waals surface area contributed by atoms with E-state index in [4.69, 9.17) is 21.6 Å². The second-order valence-corrected chi connectivity index (χ2v) is 13.7. The second-order valence-electron chi connectivity index (χ2n) is 13.3. The molecule has 2 N–H and O–H groups in total. The average molecular weight is 715 g/mol. The lowest BCUT2D eigenvalue weighted by Gasteiger charge is -2.35. The number of nitriles is 1. The van der Waals surface area contributed by atoms with Crippen LogP contribution in [0.1, 0.15) is 76.1 Å². The first-order valence-corrected chi connectivity index (χ1v) is 17.5. The quantitative estimate of drug-likeness (QED) is 0.331. The van der Waals surface area contributed by atoms with E-state index >= 15 is 4.39 Å². The number of anilines is 1. The number of amides is 4. The standard InChI is InChI=1S/C36H36ClFN8O5/c37-28-17-25(5-1-21(28)18-39)51-24-6-3-23(4-7-24)40-34(48)29-9-11-31(43-42-29)45-15-13-44(14-16-45)19-22-2-8-26-27(33(22)38)20-46(36(26)50)30-10-12-32(47)41-35(30)49/h1-2,5,8-9,11,17,23-24,30H,3-4,6-7,10,12-16,19-20H2,(H,40,48)(H,41,47,49)/t23-,24-,30?. The average Bonchev–Trinajstić information content (AvgIpc) is 3.47. The molecule has 0 radical (unpaired) electrons. The van der Waals surface area contributed by atoms with Gasteiger partial charge in [0.2, 0.25) is 11.8 Å². The number of hydrogen-bond donors (Lipinski definition) is 2. The number of piperidine rings is 1. The predicted octanol–water partition coefficient (Wildman–Crippen LogP) is 3.34. The van der Waals surface area contributed by atoms with Gasteiger partial charge in [-0.2, -0.15) is 5.26 Å². The Hall–Kier alpha value is -5.13. The van der Waals surface area contributed by atoms with Gasteiger partial charge in [-0.05, 0) is 62.4 Å². The molecule has 15 heteroatoms. The molecule has 0 bridgehead atoms. The van der Waals surface area contributed by atoms with Crippen LogP contribution in [0.5, 0.6) is 5.75 Å². The topological polar surface area (TPSA) is 161 Å². The van der Waals surface area contributed by atoms with E-state index in [2.05, 4.69) is 30.6 Å². The van der Waals surface area contributed by atoms with E-state index in [9.17, 15) is 19.2 Å². The van der Waals surface area contributed by atoms with E-state index < -0.39 is 23.7 Å². The van der Waals surface area contributed by atoms with Crippen molar-refractivity contribution < 1.29 is 28.3 Å². The lowest BCUT2D eigenvalue weighted by Crippen LogP contribution is -2.52. The molecular formula is C36H36ClFN8O5. The van der Waals surface area contributed by atoms with Crippen LogP contribution in [-0.2, 0) is 22.7 Å². The summed E-state index contributed by atoms with van der Waals surface area (Å²) in [6, 6.07) is 13.0. The SMILES string of the molecule is N#Cc1ccc(O[C@H]2CC[C@H](NC(=O)c3ccc(N4CCN(Cc5ccc6c(c5F)CN(C5CCC(=O)NC5=O)C6=O)CC4)nn3)CC2)cc1Cl. The van der Waals surface area contributed by atoms with Crippen LogP contribution in [0.15, 0.2) is 42.5 Å². The lowest BCUT2D eigenvalue weighted by atomic mass is 9.93. The number of aromatic nitrogens is 2. The number of halogens is 2. The van der Waals surface area contributed by atoms with Gasteiger partial charge in [0.05, 0.1) is 23.2 Å². The molecular weight excluding hydrogens is 679 g/mol. The monoisotopic (exact) mass is 714 g/mol. The molecule has 7 rings (SSSR count). The summed E-state index contributed by atoms with van der Waals surface area (Å²) in [4.78, 5) is 55.4. The molecule has 3 aromatic rings. The minimum absolute atomic E-state index is 0.00220. The van der Waals surface area contributed by atoms with E-state index in [0.29, 0.717) is 60.4 Å². The van der Waals surface area contributed by atoms with Crippen LogP contribution >= 0.6 is 11.6 Å². The third kappa shape index (κ3) is 7.36. The van der Waals surface area contributed by atoms with E-state index in [-0.39, 0.29) is 60.2 Å². The number of fused-ring (bicyclic) bond motifs is 1. The molecule has 13 nitrogen and oxygen atoms in total. The molecule has 51 heavy (non-hydrogen) atoms. The maximum Gasteiger partial charge on any atom is 0.272 e. The first-order valence-electron chi connectivity index (χ1n) is 17.1. The highest BCUT2D eigenvalue weighted by Crippen LogP contribution is 2.32. The van der Waals surface area contributed by atoms with Gasteiger partial charge >= 0.3 is 0 Å². The third-order valence-electron chi connectivity index (χ3n) is 10.1. The van der Waals surface area contributed by atoms with Gasteiger partial charge in [-0.1, -0.05) is 17.7 Å². The van der Waals surface area contributed by atoms with Crippen molar-refractivity contribution in [3.8, 4) is 11.8 Å². The molecule has 4 aliphatic rings. The van der Waals surface area contributed by atoms with Crippen molar-refractivity contribution in [1.82, 2.24) is 30.6 Å². The maximum absolute atomic E-state index is 15.7. The largest absolute Gasteiger partial charge is 0.490 e. The van der Waals surface area contributed by atoms with Crippen molar-refractivity contribution in [3.63, 3.8) is 0 Å². The molecule has 1 aliphatic carbocycles. The molecule has 264 valence electrons. The zero-order valence-electron chi connectivity index (χ0n) is 27.7. The highest BCUT2D eigenvalue weighted by molar-refractivity contribution is 6.31. The first kappa shape index (κ1) is 34.3. The van der Waals surface area contributed by atoms with Gasteiger partial charge in [-0.15, -0.1) is 10.2 Å². The number of rotatable bonds is 8. The van der Waals surface area contributed by atoms with Gasteiger partial charge in [-0.3, -0.25) is 29.4 Å². The fraction of sp³-hybridized carbons (Fsp3) is 0.417. The molecule has 1 saturated carbocycles. The van der Waals surface area contributed by atoms with Crippen molar-refractivity contribution in [2.45, 2.75) is 69.8 Å². The molecule has 1 atom stereocenters. The summed E-state index contributed by atoms with van der Waals surface area (Å²) >= 11 is 6.12. The molecule has 1 unspecified atom stereocenters. The summed E-state index contributed by atoms with van der Waals surface area (Å²) in [5, 5.41) is 23.3. The number of benzene rings is 2. The molecule has 2 aromatic carbocycles. The van der Waals surface area contributed by atoms with Crippen LogP contribution in [-0.4, -0.2) is 88.0 Å². The smallest absolute Gasteiger partial charge is 0.272 e. The highest BCUT2D eigenvalue weighted by Gasteiger charge is 2.40. The fourth-order valence-corrected chi connectivity index (χ4v) is 7.42. The summed E-state index contributed by atoms with van der Waals surface area (Å²) in [7, 11) is 0. The first-order chi connectivity index (χ1) is 24.7. The van der Waals surface area contributed by atoms with Crippen molar-refractivity contribution in [2.24, 2.45) is 0 Å². The molecule has 4 heterocycles. The molecule has 1 aromatic heterocycles. The van der Waals surface area contributed by atoms with Crippen molar-refractivity contribution in [3.05, 3.63) is 81.3 Å². The van der Waals surface area contributed by atoms with Crippen molar-refractivity contribution in [2.75, 3.05) is 31.1 Å². The highest BCUT2D eigenvalue weighted by atomic mass is 35.5. The van der Waals surface area contributed by atoms with Crippen LogP contribution in [0.3, 0.4) is 0 Å². The Morgan fingerprint density at radius 3 is 2.49 bits per heavy atom. The Labute approximate surface area is 298 Å². The minimum atomic E-state index is -0.792. The Morgan fingerprint density at radius 2 is 1.80 bits per heavy atom. The Balaban J connectivity index is 0.868. The Bertz CT molecular complexity index is 1900. The maximum atomic E-state index is 15.7. The van der Waals surface area contributed by atoms with Crippen LogP contribution in [0.2, 0.25) is 5.02 Å². The Kier molecular flexibility index (Phi) is 9.84. The fourth-order valence-electron chi connectivity index (χ4n) is 7.20. The van der Waals surface area contributed by atoms with E-state index in [1.165, 1.54) is 4.90 Å². The molecule has 2 saturated heterocycles. The third-order valence-corrected chi connectivity index (χ3v) is 10.4. The van der Waals surface area contributed by atoms with Gasteiger partial charge in [0.1, 0.15) is 23.7 Å². The second kappa shape index (κ2) is 14.6. The number of nitrogens with one attached hydrogen (secondary N) is 2. The molecule has 3 fully saturated rings. The van der Waals surface area contributed by atoms with Gasteiger partial charge in [0.25, 0.3) is 11.8 Å². The summed E-state index contributed by atoms with van der Waals surface area (Å²) in [6.45, 7) is 2.91. The van der Waals surface area contributed by atoms with Gasteiger partial charge in [-0.25, -0.2) is 4.39 Å². The minimum Gasteiger partial charge on any atom is -0.490 e. The zero-order chi connectivity index (χ0) is 35.6. The normalized spacial score (nSPS) is 22.3. The number of ether oxygens (including phenoxy) is 1. The lowest BCUT2D eigenvalue weighted by molar-refractivity contribution is -0.136. The van der Waals surface area contributed by atoms with E-state index in [1.807, 2.05) is 6.07 Å². The number of hydrogen-bond acceptors (Lipinski definition) is 10. The number of piperazine rings is 1. The van der Waals surface area contributed by atoms with Gasteiger partial charge in [0.15, 0.2) is 11.5 Å². The Morgan fingerprint density at radius 1 is 1.02 bits per heavy atom. The van der Waals surface area contributed by atoms with Crippen LogP contribution < -0.4 is 20.3 Å². The van der Waals surface area contributed by atoms with Gasteiger partial charge in [0, 0.05) is 67.9 Å². The van der Waals surface area contributed by atoms with Crippen LogP contribution in [0.4, 0.5) is 10.2 Å². The van der Waals surface area contributed by atoms with Crippen molar-refractivity contribution in [1.29, 1.82) is 5.26 Å². The zero-order valence-corrected chi connectivity index (χ0v) is 28.5. The number of nitrogens with zero attached hydrogens (tertiary/aromatic N) is 6. The number of imide groups is 1. The molecule has 0 spiro atoms. The summed E-state index contributed by atoms with van der Waals surface area (Å²) in [6.07, 6.45) is 3.40. The number of carbonyl (C=O) groups is 4. The molecule has 3 aliphatic heterocycles. The number of carbonyl (C=O) groups excluding carboxylic acids is 4. The summed E-state index contributed by atoms with van der Waals surface area (Å²) in [5.41, 5.74) is 1.66.